The Morgan fingerprint density at radius 1 is 1.50 bits per heavy atom. The first-order valence-electron chi connectivity index (χ1n) is 4.78. The van der Waals surface area contributed by atoms with E-state index in [-0.39, 0.29) is 11.3 Å². The highest BCUT2D eigenvalue weighted by Gasteiger charge is 2.02. The molecule has 0 aliphatic heterocycles. The first kappa shape index (κ1) is 5.19. The van der Waals surface area contributed by atoms with Gasteiger partial charge in [0.2, 0.25) is 0 Å². The number of hydrogen-bond acceptors (Lipinski definition) is 3. The van der Waals surface area contributed by atoms with Gasteiger partial charge in [0.1, 0.15) is 11.5 Å². The molecule has 1 aromatic carbocycles. The van der Waals surface area contributed by atoms with E-state index in [2.05, 4.69) is 4.74 Å². The van der Waals surface area contributed by atoms with Crippen molar-refractivity contribution in [1.29, 1.82) is 0 Å². The molecule has 1 aromatic rings. The molecular weight excluding hydrogens is 156 g/mol. The fraction of sp³-hybridized carbons (Fsp3) is 0.222. The van der Waals surface area contributed by atoms with Gasteiger partial charge >= 0.3 is 0 Å². The van der Waals surface area contributed by atoms with Crippen LogP contribution in [0.5, 0.6) is 11.5 Å². The summed E-state index contributed by atoms with van der Waals surface area (Å²) in [7, 11) is -1.10. The van der Waals surface area contributed by atoms with Crippen LogP contribution in [0.3, 0.4) is 0 Å². The molecule has 0 aromatic heterocycles. The van der Waals surface area contributed by atoms with Crippen molar-refractivity contribution < 1.29 is 18.4 Å². The zero-order valence-electron chi connectivity index (χ0n) is 9.53. The molecule has 0 spiro atoms. The normalized spacial score (nSPS) is 13.9. The van der Waals surface area contributed by atoms with Crippen LogP contribution in [0.15, 0.2) is 18.2 Å². The van der Waals surface area contributed by atoms with Crippen molar-refractivity contribution in [2.45, 2.75) is 0 Å². The fourth-order valence-corrected chi connectivity index (χ4v) is 0.868. The predicted molar refractivity (Wildman–Crippen MR) is 44.9 cm³/mol. The molecule has 0 radical (unpaired) electrons. The Morgan fingerprint density at radius 2 is 2.33 bits per heavy atom. The van der Waals surface area contributed by atoms with Gasteiger partial charge in [-0.05, 0) is 18.2 Å². The third-order valence-electron chi connectivity index (χ3n) is 1.45. The summed E-state index contributed by atoms with van der Waals surface area (Å²) < 4.78 is 30.2. The Bertz CT molecular complexity index is 360. The largest absolute Gasteiger partial charge is 0.497 e. The van der Waals surface area contributed by atoms with Crippen LogP contribution in [-0.4, -0.2) is 20.4 Å². The summed E-state index contributed by atoms with van der Waals surface area (Å²) in [6.45, 7) is 0. The maximum absolute atomic E-state index is 10.6. The molecule has 64 valence electrons. The second-order valence-corrected chi connectivity index (χ2v) is 2.12. The summed E-state index contributed by atoms with van der Waals surface area (Å²) in [5, 5.41) is 0. The van der Waals surface area contributed by atoms with Crippen LogP contribution in [-0.2, 0) is 0 Å². The molecule has 0 saturated heterocycles. The highest BCUT2D eigenvalue weighted by Crippen LogP contribution is 2.21. The van der Waals surface area contributed by atoms with Crippen molar-refractivity contribution in [1.82, 2.24) is 0 Å². The Labute approximate surface area is 75.1 Å². The lowest BCUT2D eigenvalue weighted by atomic mass is 10.2. The number of hydrogen-bond donors (Lipinski definition) is 0. The quantitative estimate of drug-likeness (QED) is 0.643. The first-order chi connectivity index (χ1) is 6.96. The third-order valence-corrected chi connectivity index (χ3v) is 1.45. The van der Waals surface area contributed by atoms with Crippen molar-refractivity contribution in [3.8, 4) is 11.5 Å². The van der Waals surface area contributed by atoms with Gasteiger partial charge in [-0.15, -0.1) is 0 Å². The average Bonchev–Trinajstić information content (AvgIpc) is 2.15. The number of benzene rings is 1. The summed E-state index contributed by atoms with van der Waals surface area (Å²) in [6.07, 6.45) is 0.575. The maximum Gasteiger partial charge on any atom is 0.153 e. The van der Waals surface area contributed by atoms with Crippen LogP contribution in [0.4, 0.5) is 0 Å². The van der Waals surface area contributed by atoms with Crippen molar-refractivity contribution in [3.05, 3.63) is 23.8 Å². The van der Waals surface area contributed by atoms with E-state index in [1.165, 1.54) is 25.3 Å². The molecule has 0 heterocycles. The number of carbonyl (C=O) groups excluding carboxylic acids is 1. The summed E-state index contributed by atoms with van der Waals surface area (Å²) in [5.74, 6) is 0.487. The van der Waals surface area contributed by atoms with Crippen molar-refractivity contribution >= 4 is 6.29 Å². The second-order valence-electron chi connectivity index (χ2n) is 2.12. The van der Waals surface area contributed by atoms with Crippen LogP contribution >= 0.6 is 0 Å². The van der Waals surface area contributed by atoms with Crippen LogP contribution in [0.25, 0.3) is 0 Å². The van der Waals surface area contributed by atoms with Crippen LogP contribution in [0.2, 0.25) is 0 Å². The molecule has 12 heavy (non-hydrogen) atoms. The molecule has 0 N–H and O–H groups in total. The fourth-order valence-electron chi connectivity index (χ4n) is 0.868. The molecule has 3 nitrogen and oxygen atoms in total. The maximum atomic E-state index is 10.6. The molecule has 0 amide bonds. The van der Waals surface area contributed by atoms with Crippen LogP contribution in [0.1, 0.15) is 14.5 Å². The van der Waals surface area contributed by atoms with Crippen LogP contribution in [0, 0.1) is 0 Å². The smallest absolute Gasteiger partial charge is 0.153 e. The summed E-state index contributed by atoms with van der Waals surface area (Å²) in [6, 6.07) is 4.22. The van der Waals surface area contributed by atoms with Gasteiger partial charge in [-0.3, -0.25) is 4.79 Å². The number of ether oxygens (including phenoxy) is 2. The van der Waals surface area contributed by atoms with E-state index >= 15 is 0 Å². The van der Waals surface area contributed by atoms with Crippen molar-refractivity contribution in [2.24, 2.45) is 0 Å². The molecule has 0 bridgehead atoms. The Balaban J connectivity index is 2.98. The van der Waals surface area contributed by atoms with E-state index in [0.29, 0.717) is 12.0 Å². The lowest BCUT2D eigenvalue weighted by Crippen LogP contribution is -1.91. The molecular formula is C9H10O3. The Morgan fingerprint density at radius 3 is 2.92 bits per heavy atom. The van der Waals surface area contributed by atoms with E-state index in [0.717, 1.165) is 0 Å². The van der Waals surface area contributed by atoms with E-state index < -0.39 is 7.04 Å². The van der Waals surface area contributed by atoms with E-state index in [9.17, 15) is 4.79 Å². The zero-order chi connectivity index (χ0) is 11.5. The lowest BCUT2D eigenvalue weighted by molar-refractivity contribution is 0.112. The SMILES string of the molecule is [2H]C([2H])([2H])Oc1ccc(OC)c(C=O)c1. The lowest BCUT2D eigenvalue weighted by Gasteiger charge is -2.04. The van der Waals surface area contributed by atoms with Gasteiger partial charge in [0, 0.05) is 0 Å². The number of carbonyl (C=O) groups is 1. The summed E-state index contributed by atoms with van der Waals surface area (Å²) in [4.78, 5) is 10.6. The summed E-state index contributed by atoms with van der Waals surface area (Å²) in [5.41, 5.74) is 0.249. The average molecular weight is 169 g/mol. The van der Waals surface area contributed by atoms with Crippen molar-refractivity contribution in [2.75, 3.05) is 14.1 Å². The Hall–Kier alpha value is -1.51. The van der Waals surface area contributed by atoms with Gasteiger partial charge in [0.25, 0.3) is 0 Å². The van der Waals surface area contributed by atoms with E-state index in [1.807, 2.05) is 0 Å². The van der Waals surface area contributed by atoms with Crippen molar-refractivity contribution in [3.63, 3.8) is 0 Å². The standard InChI is InChI=1S/C9H10O3/c1-11-8-3-4-9(12-2)7(5-8)6-10/h3-6H,1-2H3/i1D3. The van der Waals surface area contributed by atoms with E-state index in [4.69, 9.17) is 8.85 Å². The van der Waals surface area contributed by atoms with Gasteiger partial charge in [-0.25, -0.2) is 0 Å². The predicted octanol–water partition coefficient (Wildman–Crippen LogP) is 1.52. The van der Waals surface area contributed by atoms with Gasteiger partial charge in [-0.1, -0.05) is 0 Å². The number of aldehydes is 1. The monoisotopic (exact) mass is 169 g/mol. The molecule has 0 aliphatic rings. The molecule has 3 heteroatoms. The zero-order valence-corrected chi connectivity index (χ0v) is 6.53. The second kappa shape index (κ2) is 3.76. The van der Waals surface area contributed by atoms with Crippen LogP contribution < -0.4 is 9.47 Å². The molecule has 0 aliphatic carbocycles. The van der Waals surface area contributed by atoms with Gasteiger partial charge in [-0.2, -0.15) is 0 Å². The molecule has 1 rings (SSSR count). The third kappa shape index (κ3) is 1.56. The van der Waals surface area contributed by atoms with Gasteiger partial charge < -0.3 is 9.47 Å². The molecule has 0 saturated carbocycles. The van der Waals surface area contributed by atoms with Gasteiger partial charge in [0.05, 0.1) is 23.8 Å². The number of rotatable bonds is 3. The Kier molecular flexibility index (Phi) is 1.63. The topological polar surface area (TPSA) is 35.5 Å². The highest BCUT2D eigenvalue weighted by molar-refractivity contribution is 5.80. The number of methoxy groups -OCH3 is 2. The highest BCUT2D eigenvalue weighted by atomic mass is 16.5. The van der Waals surface area contributed by atoms with Gasteiger partial charge in [0.15, 0.2) is 6.29 Å². The minimum absolute atomic E-state index is 0.109. The first-order valence-corrected chi connectivity index (χ1v) is 3.28. The van der Waals surface area contributed by atoms with E-state index in [1.54, 1.807) is 0 Å². The minimum atomic E-state index is -2.52. The molecule has 0 fully saturated rings. The molecule has 0 unspecified atom stereocenters. The summed E-state index contributed by atoms with van der Waals surface area (Å²) >= 11 is 0. The minimum Gasteiger partial charge on any atom is -0.497 e. The molecule has 0 atom stereocenters.